The summed E-state index contributed by atoms with van der Waals surface area (Å²) in [7, 11) is -0.569. The third kappa shape index (κ3) is 7.13. The summed E-state index contributed by atoms with van der Waals surface area (Å²) < 4.78 is 39.0. The van der Waals surface area contributed by atoms with Crippen LogP contribution in [-0.2, 0) is 40.6 Å². The molecule has 3 aromatic rings. The number of nitrogens with zero attached hydrogens (tertiary/aromatic N) is 1. The average Bonchev–Trinajstić information content (AvgIpc) is 3.52. The van der Waals surface area contributed by atoms with Gasteiger partial charge in [-0.15, -0.1) is 0 Å². The van der Waals surface area contributed by atoms with E-state index in [1.807, 2.05) is 42.1 Å². The summed E-state index contributed by atoms with van der Waals surface area (Å²) in [5.41, 5.74) is 5.03. The third-order valence-electron chi connectivity index (χ3n) is 8.01. The molecular weight excluding hydrogens is 540 g/mol. The lowest BCUT2D eigenvalue weighted by atomic mass is 9.85. The predicted molar refractivity (Wildman–Crippen MR) is 160 cm³/mol. The van der Waals surface area contributed by atoms with Gasteiger partial charge in [0, 0.05) is 30.4 Å². The van der Waals surface area contributed by atoms with Crippen molar-refractivity contribution < 1.29 is 27.8 Å². The Kier molecular flexibility index (Phi) is 9.19. The van der Waals surface area contributed by atoms with E-state index in [4.69, 9.17) is 9.47 Å². The summed E-state index contributed by atoms with van der Waals surface area (Å²) in [5.74, 6) is 0.998. The molecule has 1 aliphatic carbocycles. The molecule has 0 unspecified atom stereocenters. The van der Waals surface area contributed by atoms with Crippen molar-refractivity contribution in [2.75, 3.05) is 14.2 Å². The van der Waals surface area contributed by atoms with Gasteiger partial charge in [0.1, 0.15) is 11.5 Å². The van der Waals surface area contributed by atoms with Crippen LogP contribution in [0.1, 0.15) is 61.1 Å². The Balaban J connectivity index is 1.55. The first-order chi connectivity index (χ1) is 19.3. The highest BCUT2D eigenvalue weighted by Gasteiger charge is 2.32. The van der Waals surface area contributed by atoms with Gasteiger partial charge in [0.25, 0.3) is 0 Å². The monoisotopic (exact) mass is 582 g/mol. The Hall–Kier alpha value is -3.30. The minimum Gasteiger partial charge on any atom is -0.496 e. The van der Waals surface area contributed by atoms with E-state index in [1.54, 1.807) is 35.0 Å². The summed E-state index contributed by atoms with van der Waals surface area (Å²) in [6.07, 6.45) is 5.63. The number of aliphatic hydroxyl groups excluding tert-OH is 1. The molecule has 0 bridgehead atoms. The van der Waals surface area contributed by atoms with Crippen molar-refractivity contribution in [2.45, 2.75) is 70.8 Å². The fourth-order valence-corrected chi connectivity index (χ4v) is 6.28. The van der Waals surface area contributed by atoms with Gasteiger partial charge >= 0.3 is 0 Å². The number of rotatable bonds is 11. The Morgan fingerprint density at radius 3 is 2.20 bits per heavy atom. The molecule has 41 heavy (non-hydrogen) atoms. The topological polar surface area (TPSA) is 107 Å². The fraction of sp³-hybridized carbons (Fsp3) is 0.469. The number of fused-ring (bicyclic) bond motifs is 1. The van der Waals surface area contributed by atoms with Gasteiger partial charge in [-0.2, -0.15) is 0 Å². The molecule has 0 saturated carbocycles. The molecule has 0 saturated heterocycles. The fourth-order valence-electron chi connectivity index (χ4n) is 5.60. The zero-order valence-electron chi connectivity index (χ0n) is 24.8. The molecule has 2 atom stereocenters. The normalized spacial score (nSPS) is 15.3. The Morgan fingerprint density at radius 2 is 1.66 bits per heavy atom. The van der Waals surface area contributed by atoms with Gasteiger partial charge in [-0.05, 0) is 93.3 Å². The molecule has 2 N–H and O–H groups in total. The van der Waals surface area contributed by atoms with Crippen molar-refractivity contribution in [1.29, 1.82) is 0 Å². The van der Waals surface area contributed by atoms with Crippen LogP contribution in [0.4, 0.5) is 0 Å². The molecule has 8 nitrogen and oxygen atoms in total. The second-order valence-corrected chi connectivity index (χ2v) is 14.5. The Bertz CT molecular complexity index is 1440. The van der Waals surface area contributed by atoms with Gasteiger partial charge in [0.05, 0.1) is 31.5 Å². The highest BCUT2D eigenvalue weighted by Crippen LogP contribution is 2.39. The van der Waals surface area contributed by atoms with E-state index in [0.29, 0.717) is 29.5 Å². The van der Waals surface area contributed by atoms with Crippen molar-refractivity contribution in [2.24, 2.45) is 11.8 Å². The maximum absolute atomic E-state index is 12.5. The van der Waals surface area contributed by atoms with E-state index >= 15 is 0 Å². The van der Waals surface area contributed by atoms with Crippen LogP contribution in [0.25, 0.3) is 0 Å². The van der Waals surface area contributed by atoms with Crippen LogP contribution in [0.2, 0.25) is 0 Å². The molecule has 1 amide bonds. The number of methoxy groups -OCH3 is 2. The molecule has 0 radical (unpaired) electrons. The Labute approximate surface area is 243 Å². The number of benzene rings is 2. The molecule has 4 rings (SSSR count). The predicted octanol–water partition coefficient (Wildman–Crippen LogP) is 4.76. The number of carbonyl (C=O) groups excluding carboxylic acids is 1. The highest BCUT2D eigenvalue weighted by molar-refractivity contribution is 7.91. The smallest absolute Gasteiger partial charge is 0.239 e. The van der Waals surface area contributed by atoms with Crippen LogP contribution >= 0.6 is 0 Å². The number of hydrogen-bond donors (Lipinski definition) is 2. The standard InChI is InChI=1S/C32H42N2O6S/c1-21-28(39-5)17-26(18-29(21)40-6)31(36)27(15-23-13-24-9-7-8-10-25(24)14-23)20-34-12-11-22(19-34)16-30(35)33-41(37,38)32(2,3)4/h7-12,17-19,23,27,31,36H,13-16,20H2,1-6H3,(H,33,35)/t27-,31-/m1/s1. The zero-order chi connectivity index (χ0) is 29.9. The molecule has 0 aliphatic heterocycles. The molecule has 0 fully saturated rings. The number of amides is 1. The van der Waals surface area contributed by atoms with Crippen LogP contribution in [0, 0.1) is 18.8 Å². The van der Waals surface area contributed by atoms with E-state index in [9.17, 15) is 18.3 Å². The lowest BCUT2D eigenvalue weighted by molar-refractivity contribution is -0.118. The van der Waals surface area contributed by atoms with E-state index in [-0.39, 0.29) is 12.3 Å². The van der Waals surface area contributed by atoms with Crippen LogP contribution in [0.15, 0.2) is 54.9 Å². The quantitative estimate of drug-likeness (QED) is 0.338. The number of nitrogens with one attached hydrogen (secondary N) is 1. The minimum absolute atomic E-state index is 0.0557. The second-order valence-electron chi connectivity index (χ2n) is 12.1. The van der Waals surface area contributed by atoms with Crippen molar-refractivity contribution in [3.63, 3.8) is 0 Å². The average molecular weight is 583 g/mol. The molecule has 1 aromatic heterocycles. The first kappa shape index (κ1) is 30.7. The summed E-state index contributed by atoms with van der Waals surface area (Å²) >= 11 is 0. The number of ether oxygens (including phenoxy) is 2. The van der Waals surface area contributed by atoms with Crippen LogP contribution in [0.5, 0.6) is 11.5 Å². The van der Waals surface area contributed by atoms with Gasteiger partial charge in [0.15, 0.2) is 0 Å². The van der Waals surface area contributed by atoms with Crippen LogP contribution in [-0.4, -0.2) is 43.0 Å². The molecule has 1 aliphatic rings. The van der Waals surface area contributed by atoms with Gasteiger partial charge in [-0.3, -0.25) is 9.52 Å². The molecule has 0 spiro atoms. The van der Waals surface area contributed by atoms with E-state index in [2.05, 4.69) is 29.0 Å². The summed E-state index contributed by atoms with van der Waals surface area (Å²) in [5, 5.41) is 11.8. The Morgan fingerprint density at radius 1 is 1.07 bits per heavy atom. The van der Waals surface area contributed by atoms with E-state index < -0.39 is 26.8 Å². The molecular formula is C32H42N2O6S. The van der Waals surface area contributed by atoms with Gasteiger partial charge in [-0.1, -0.05) is 24.3 Å². The maximum Gasteiger partial charge on any atom is 0.239 e. The minimum atomic E-state index is -3.78. The zero-order valence-corrected chi connectivity index (χ0v) is 25.6. The summed E-state index contributed by atoms with van der Waals surface area (Å²) in [6.45, 7) is 7.09. The van der Waals surface area contributed by atoms with Gasteiger partial charge in [-0.25, -0.2) is 8.42 Å². The van der Waals surface area contributed by atoms with Crippen LogP contribution in [0.3, 0.4) is 0 Å². The van der Waals surface area contributed by atoms with Crippen molar-refractivity contribution in [3.8, 4) is 11.5 Å². The summed E-state index contributed by atoms with van der Waals surface area (Å²) in [6, 6.07) is 14.1. The van der Waals surface area contributed by atoms with Crippen molar-refractivity contribution >= 4 is 15.9 Å². The lowest BCUT2D eigenvalue weighted by Crippen LogP contribution is -2.43. The number of aliphatic hydroxyl groups is 1. The number of aromatic nitrogens is 1. The molecule has 2 aromatic carbocycles. The first-order valence-corrected chi connectivity index (χ1v) is 15.5. The maximum atomic E-state index is 12.5. The molecule has 9 heteroatoms. The number of sulfonamides is 1. The number of hydrogen-bond acceptors (Lipinski definition) is 6. The lowest BCUT2D eigenvalue weighted by Gasteiger charge is -2.27. The van der Waals surface area contributed by atoms with Crippen molar-refractivity contribution in [3.05, 3.63) is 82.7 Å². The number of carbonyl (C=O) groups is 1. The van der Waals surface area contributed by atoms with E-state index in [0.717, 1.165) is 30.4 Å². The van der Waals surface area contributed by atoms with Crippen molar-refractivity contribution in [1.82, 2.24) is 9.29 Å². The van der Waals surface area contributed by atoms with Gasteiger partial charge < -0.3 is 19.1 Å². The highest BCUT2D eigenvalue weighted by atomic mass is 32.2. The SMILES string of the molecule is COc1cc([C@@H](O)[C@H](CC2Cc3ccccc3C2)Cn2ccc(CC(=O)NS(=O)(=O)C(C)(C)C)c2)cc(OC)c1C. The van der Waals surface area contributed by atoms with Crippen LogP contribution < -0.4 is 14.2 Å². The van der Waals surface area contributed by atoms with Gasteiger partial charge in [0.2, 0.25) is 15.9 Å². The molecule has 1 heterocycles. The first-order valence-electron chi connectivity index (χ1n) is 14.0. The third-order valence-corrected chi connectivity index (χ3v) is 10.1. The second kappa shape index (κ2) is 12.3. The molecule has 222 valence electrons. The van der Waals surface area contributed by atoms with E-state index in [1.165, 1.54) is 11.1 Å². The summed E-state index contributed by atoms with van der Waals surface area (Å²) in [4.78, 5) is 12.5. The largest absolute Gasteiger partial charge is 0.496 e.